The largest absolute Gasteiger partial charge is 0.487 e. The maximum absolute atomic E-state index is 13.2. The van der Waals surface area contributed by atoms with Crippen LogP contribution >= 0.6 is 67.8 Å². The molecule has 0 aliphatic heterocycles. The Labute approximate surface area is 157 Å². The van der Waals surface area contributed by atoms with Gasteiger partial charge in [0.1, 0.15) is 24.2 Å². The lowest BCUT2D eigenvalue weighted by molar-refractivity contribution is 0.301. The van der Waals surface area contributed by atoms with Crippen molar-refractivity contribution < 1.29 is 9.13 Å². The summed E-state index contributed by atoms with van der Waals surface area (Å²) in [5.74, 6) is 0.309. The van der Waals surface area contributed by atoms with Crippen molar-refractivity contribution >= 4 is 67.8 Å². The number of nitriles is 1. The number of nitrogens with zero attached hydrogens (tertiary/aromatic N) is 1. The monoisotopic (exact) mass is 605 g/mol. The highest BCUT2D eigenvalue weighted by Crippen LogP contribution is 2.30. The molecular formula is C14H7FI3NO. The van der Waals surface area contributed by atoms with E-state index in [1.54, 1.807) is 6.07 Å². The van der Waals surface area contributed by atoms with E-state index in [0.29, 0.717) is 6.61 Å². The molecule has 0 bridgehead atoms. The Balaban J connectivity index is 2.20. The molecule has 0 fully saturated rings. The predicted octanol–water partition coefficient (Wildman–Crippen LogP) is 5.09. The molecule has 0 aromatic heterocycles. The Bertz CT molecular complexity index is 674. The fraction of sp³-hybridized carbons (Fsp3) is 0.0714. The molecule has 0 unspecified atom stereocenters. The van der Waals surface area contributed by atoms with Gasteiger partial charge in [-0.15, -0.1) is 0 Å². The zero-order valence-corrected chi connectivity index (χ0v) is 16.4. The summed E-state index contributed by atoms with van der Waals surface area (Å²) in [6.45, 7) is 0.307. The summed E-state index contributed by atoms with van der Waals surface area (Å²) in [6, 6.07) is 10.3. The third-order valence-electron chi connectivity index (χ3n) is 2.50. The van der Waals surface area contributed by atoms with Gasteiger partial charge in [0.05, 0.1) is 12.7 Å². The van der Waals surface area contributed by atoms with E-state index in [2.05, 4.69) is 67.8 Å². The van der Waals surface area contributed by atoms with Crippen LogP contribution in [0.2, 0.25) is 0 Å². The smallest absolute Gasteiger partial charge is 0.146 e. The molecule has 0 N–H and O–H groups in total. The normalized spacial score (nSPS) is 10.2. The van der Waals surface area contributed by atoms with E-state index in [1.165, 1.54) is 12.1 Å². The maximum atomic E-state index is 13.2. The van der Waals surface area contributed by atoms with Gasteiger partial charge >= 0.3 is 0 Å². The van der Waals surface area contributed by atoms with Gasteiger partial charge in [-0.05, 0) is 97.6 Å². The molecule has 0 heterocycles. The van der Waals surface area contributed by atoms with E-state index in [9.17, 15) is 4.39 Å². The molecule has 0 amide bonds. The average Bonchev–Trinajstić information content (AvgIpc) is 2.39. The van der Waals surface area contributed by atoms with Gasteiger partial charge < -0.3 is 4.74 Å². The summed E-state index contributed by atoms with van der Waals surface area (Å²) < 4.78 is 22.2. The summed E-state index contributed by atoms with van der Waals surface area (Å²) in [4.78, 5) is 0. The van der Waals surface area contributed by atoms with Gasteiger partial charge in [0, 0.05) is 3.57 Å². The first kappa shape index (κ1) is 16.2. The standard InChI is InChI=1S/C14H7FI3NO/c15-11-2-1-8(3-9(11)6-19)7-20-14-12(17)4-10(16)5-13(14)18/h1-5H,7H2. The molecule has 0 aliphatic rings. The minimum atomic E-state index is -0.505. The SMILES string of the molecule is N#Cc1cc(COc2c(I)cc(I)cc2I)ccc1F. The van der Waals surface area contributed by atoms with E-state index in [1.807, 2.05) is 18.2 Å². The molecule has 102 valence electrons. The molecule has 2 aromatic rings. The van der Waals surface area contributed by atoms with Crippen molar-refractivity contribution in [2.75, 3.05) is 0 Å². The third-order valence-corrected chi connectivity index (χ3v) is 4.72. The summed E-state index contributed by atoms with van der Waals surface area (Å²) in [7, 11) is 0. The van der Waals surface area contributed by atoms with Crippen LogP contribution in [0.15, 0.2) is 30.3 Å². The summed E-state index contributed by atoms with van der Waals surface area (Å²) in [5.41, 5.74) is 0.811. The number of ether oxygens (including phenoxy) is 1. The van der Waals surface area contributed by atoms with Crippen LogP contribution in [0.25, 0.3) is 0 Å². The molecule has 0 spiro atoms. The number of hydrogen-bond acceptors (Lipinski definition) is 2. The first-order valence-electron chi connectivity index (χ1n) is 5.47. The first-order chi connectivity index (χ1) is 9.51. The Morgan fingerprint density at radius 1 is 1.10 bits per heavy atom. The van der Waals surface area contributed by atoms with E-state index in [0.717, 1.165) is 22.0 Å². The number of rotatable bonds is 3. The number of hydrogen-bond donors (Lipinski definition) is 0. The number of halogens is 4. The molecule has 6 heteroatoms. The van der Waals surface area contributed by atoms with Crippen LogP contribution in [0.5, 0.6) is 5.75 Å². The van der Waals surface area contributed by atoms with Crippen LogP contribution in [0, 0.1) is 27.9 Å². The van der Waals surface area contributed by atoms with E-state index >= 15 is 0 Å². The summed E-state index contributed by atoms with van der Waals surface area (Å²) in [5, 5.41) is 8.81. The van der Waals surface area contributed by atoms with Gasteiger partial charge in [-0.1, -0.05) is 6.07 Å². The topological polar surface area (TPSA) is 33.0 Å². The van der Waals surface area contributed by atoms with E-state index in [-0.39, 0.29) is 5.56 Å². The zero-order valence-electron chi connectivity index (χ0n) is 9.96. The molecule has 0 saturated carbocycles. The van der Waals surface area contributed by atoms with Crippen LogP contribution in [-0.2, 0) is 6.61 Å². The molecule has 0 saturated heterocycles. The van der Waals surface area contributed by atoms with Gasteiger partial charge in [-0.2, -0.15) is 5.26 Å². The average molecular weight is 605 g/mol. The fourth-order valence-electron chi connectivity index (χ4n) is 1.57. The van der Waals surface area contributed by atoms with Crippen molar-refractivity contribution in [3.63, 3.8) is 0 Å². The summed E-state index contributed by atoms with van der Waals surface area (Å²) in [6.07, 6.45) is 0. The van der Waals surface area contributed by atoms with Crippen molar-refractivity contribution in [3.8, 4) is 11.8 Å². The second-order valence-corrected chi connectivity index (χ2v) is 7.48. The Morgan fingerprint density at radius 3 is 2.35 bits per heavy atom. The minimum absolute atomic E-state index is 0.0399. The van der Waals surface area contributed by atoms with Crippen LogP contribution < -0.4 is 4.74 Å². The first-order valence-corrected chi connectivity index (χ1v) is 8.70. The lowest BCUT2D eigenvalue weighted by atomic mass is 10.1. The van der Waals surface area contributed by atoms with Crippen LogP contribution in [0.4, 0.5) is 4.39 Å². The quantitative estimate of drug-likeness (QED) is 0.458. The molecule has 2 aromatic carbocycles. The Kier molecular flexibility index (Phi) is 5.85. The second-order valence-electron chi connectivity index (χ2n) is 3.91. The van der Waals surface area contributed by atoms with E-state index in [4.69, 9.17) is 10.00 Å². The molecule has 20 heavy (non-hydrogen) atoms. The van der Waals surface area contributed by atoms with Gasteiger partial charge in [0.15, 0.2) is 0 Å². The molecule has 0 atom stereocenters. The van der Waals surface area contributed by atoms with Crippen molar-refractivity contribution in [2.45, 2.75) is 6.61 Å². The van der Waals surface area contributed by atoms with Gasteiger partial charge in [0.2, 0.25) is 0 Å². The zero-order chi connectivity index (χ0) is 14.7. The molecular weight excluding hydrogens is 598 g/mol. The molecule has 2 nitrogen and oxygen atoms in total. The molecule has 0 aliphatic carbocycles. The Morgan fingerprint density at radius 2 is 1.75 bits per heavy atom. The van der Waals surface area contributed by atoms with Crippen molar-refractivity contribution in [1.82, 2.24) is 0 Å². The molecule has 0 radical (unpaired) electrons. The second kappa shape index (κ2) is 7.22. The fourth-order valence-corrected chi connectivity index (χ4v) is 5.46. The lowest BCUT2D eigenvalue weighted by Crippen LogP contribution is -2.00. The van der Waals surface area contributed by atoms with Crippen molar-refractivity contribution in [1.29, 1.82) is 5.26 Å². The van der Waals surface area contributed by atoms with Gasteiger partial charge in [-0.25, -0.2) is 4.39 Å². The van der Waals surface area contributed by atoms with Crippen molar-refractivity contribution in [3.05, 3.63) is 58.0 Å². The van der Waals surface area contributed by atoms with Crippen LogP contribution in [0.1, 0.15) is 11.1 Å². The number of benzene rings is 2. The summed E-state index contributed by atoms with van der Waals surface area (Å²) >= 11 is 6.71. The van der Waals surface area contributed by atoms with Gasteiger partial charge in [0.25, 0.3) is 0 Å². The Hall–Kier alpha value is -0.150. The molecule has 2 rings (SSSR count). The highest BCUT2D eigenvalue weighted by Gasteiger charge is 2.09. The highest BCUT2D eigenvalue weighted by molar-refractivity contribution is 14.1. The maximum Gasteiger partial charge on any atom is 0.146 e. The van der Waals surface area contributed by atoms with Crippen LogP contribution in [-0.4, -0.2) is 0 Å². The van der Waals surface area contributed by atoms with Crippen molar-refractivity contribution in [2.24, 2.45) is 0 Å². The lowest BCUT2D eigenvalue weighted by Gasteiger charge is -2.11. The third kappa shape index (κ3) is 3.94. The minimum Gasteiger partial charge on any atom is -0.487 e. The van der Waals surface area contributed by atoms with Crippen LogP contribution in [0.3, 0.4) is 0 Å². The predicted molar refractivity (Wildman–Crippen MR) is 100 cm³/mol. The van der Waals surface area contributed by atoms with Gasteiger partial charge in [-0.3, -0.25) is 0 Å². The highest BCUT2D eigenvalue weighted by atomic mass is 127. The van der Waals surface area contributed by atoms with E-state index < -0.39 is 5.82 Å².